The van der Waals surface area contributed by atoms with Gasteiger partial charge in [-0.2, -0.15) is 0 Å². The third-order valence-electron chi connectivity index (χ3n) is 5.48. The molecule has 0 saturated carbocycles. The zero-order valence-electron chi connectivity index (χ0n) is 16.1. The number of fused-ring (bicyclic) bond motifs is 2. The van der Waals surface area contributed by atoms with Crippen LogP contribution >= 0.6 is 0 Å². The SMILES string of the molecule is O=C(Cn1nnc2ccccc21)Nc1ccc(N2CCCCC2)c2ccncc12. The van der Waals surface area contributed by atoms with Crippen molar-refractivity contribution in [3.8, 4) is 0 Å². The summed E-state index contributed by atoms with van der Waals surface area (Å²) in [5.74, 6) is -0.142. The van der Waals surface area contributed by atoms with E-state index in [4.69, 9.17) is 0 Å². The number of hydrogen-bond acceptors (Lipinski definition) is 5. The first-order valence-electron chi connectivity index (χ1n) is 9.99. The van der Waals surface area contributed by atoms with Crippen LogP contribution in [0.2, 0.25) is 0 Å². The lowest BCUT2D eigenvalue weighted by Crippen LogP contribution is -2.29. The molecule has 2 aromatic carbocycles. The van der Waals surface area contributed by atoms with Gasteiger partial charge in [-0.3, -0.25) is 9.78 Å². The first-order chi connectivity index (χ1) is 14.3. The van der Waals surface area contributed by atoms with Crippen LogP contribution < -0.4 is 10.2 Å². The average molecular weight is 386 g/mol. The number of amides is 1. The molecule has 1 N–H and O–H groups in total. The van der Waals surface area contributed by atoms with Crippen molar-refractivity contribution < 1.29 is 4.79 Å². The molecule has 1 amide bonds. The standard InChI is InChI=1S/C22H22N6O/c29-22(15-28-21-7-3-2-6-19(21)25-26-28)24-18-8-9-20(27-12-4-1-5-13-27)16-10-11-23-14-17(16)18/h2-3,6-11,14H,1,4-5,12-13,15H2,(H,24,29). The monoisotopic (exact) mass is 386 g/mol. The molecule has 1 aliphatic rings. The average Bonchev–Trinajstić information content (AvgIpc) is 3.17. The minimum absolute atomic E-state index is 0.107. The Morgan fingerprint density at radius 1 is 1.00 bits per heavy atom. The van der Waals surface area contributed by atoms with E-state index in [1.165, 1.54) is 24.9 Å². The van der Waals surface area contributed by atoms with E-state index in [0.29, 0.717) is 0 Å². The Kier molecular flexibility index (Phi) is 4.56. The molecule has 7 nitrogen and oxygen atoms in total. The Morgan fingerprint density at radius 2 is 1.86 bits per heavy atom. The van der Waals surface area contributed by atoms with E-state index in [1.807, 2.05) is 48.8 Å². The Morgan fingerprint density at radius 3 is 2.76 bits per heavy atom. The molecule has 29 heavy (non-hydrogen) atoms. The number of rotatable bonds is 4. The summed E-state index contributed by atoms with van der Waals surface area (Å²) in [5, 5.41) is 13.3. The summed E-state index contributed by atoms with van der Waals surface area (Å²) < 4.78 is 1.62. The second-order valence-corrected chi connectivity index (χ2v) is 7.39. The molecule has 0 unspecified atom stereocenters. The molecule has 2 aromatic heterocycles. The fraction of sp³-hybridized carbons (Fsp3) is 0.273. The Balaban J connectivity index is 1.42. The van der Waals surface area contributed by atoms with Crippen LogP contribution in [0.25, 0.3) is 21.8 Å². The fourth-order valence-electron chi connectivity index (χ4n) is 4.05. The topological polar surface area (TPSA) is 75.9 Å². The van der Waals surface area contributed by atoms with Gasteiger partial charge in [0.15, 0.2) is 0 Å². The highest BCUT2D eigenvalue weighted by Crippen LogP contribution is 2.33. The van der Waals surface area contributed by atoms with Crippen LogP contribution in [-0.4, -0.2) is 39.0 Å². The number of carbonyl (C=O) groups excluding carboxylic acids is 1. The molecular weight excluding hydrogens is 364 g/mol. The molecular formula is C22H22N6O. The largest absolute Gasteiger partial charge is 0.371 e. The Hall–Kier alpha value is -3.48. The summed E-state index contributed by atoms with van der Waals surface area (Å²) in [5.41, 5.74) is 3.60. The van der Waals surface area contributed by atoms with Gasteiger partial charge >= 0.3 is 0 Å². The van der Waals surface area contributed by atoms with Crippen molar-refractivity contribution in [3.63, 3.8) is 0 Å². The first kappa shape index (κ1) is 17.6. The Labute approximate surface area is 168 Å². The lowest BCUT2D eigenvalue weighted by atomic mass is 10.1. The molecule has 0 bridgehead atoms. The predicted octanol–water partition coefficient (Wildman–Crippen LogP) is 3.61. The fourth-order valence-corrected chi connectivity index (χ4v) is 4.05. The van der Waals surface area contributed by atoms with Crippen LogP contribution in [0.15, 0.2) is 54.9 Å². The third kappa shape index (κ3) is 3.40. The van der Waals surface area contributed by atoms with Gasteiger partial charge in [-0.15, -0.1) is 5.10 Å². The Bertz CT molecular complexity index is 1180. The highest BCUT2D eigenvalue weighted by Gasteiger charge is 2.16. The summed E-state index contributed by atoms with van der Waals surface area (Å²) >= 11 is 0. The molecule has 4 aromatic rings. The number of aromatic nitrogens is 4. The number of hydrogen-bond donors (Lipinski definition) is 1. The van der Waals surface area contributed by atoms with Crippen molar-refractivity contribution in [3.05, 3.63) is 54.9 Å². The number of para-hydroxylation sites is 1. The van der Waals surface area contributed by atoms with Crippen molar-refractivity contribution >= 4 is 39.1 Å². The molecule has 146 valence electrons. The zero-order valence-corrected chi connectivity index (χ0v) is 16.1. The van der Waals surface area contributed by atoms with Crippen molar-refractivity contribution in [2.45, 2.75) is 25.8 Å². The van der Waals surface area contributed by atoms with E-state index in [2.05, 4.69) is 31.6 Å². The molecule has 0 spiro atoms. The smallest absolute Gasteiger partial charge is 0.246 e. The highest BCUT2D eigenvalue weighted by molar-refractivity contribution is 6.06. The van der Waals surface area contributed by atoms with Gasteiger partial charge in [0.05, 0.1) is 11.2 Å². The van der Waals surface area contributed by atoms with Crippen molar-refractivity contribution in [2.24, 2.45) is 0 Å². The molecule has 1 saturated heterocycles. The van der Waals surface area contributed by atoms with Gasteiger partial charge in [-0.25, -0.2) is 4.68 Å². The number of nitrogens with one attached hydrogen (secondary N) is 1. The molecule has 7 heteroatoms. The lowest BCUT2D eigenvalue weighted by Gasteiger charge is -2.30. The van der Waals surface area contributed by atoms with E-state index < -0.39 is 0 Å². The number of anilines is 2. The summed E-state index contributed by atoms with van der Waals surface area (Å²) in [4.78, 5) is 19.4. The zero-order chi connectivity index (χ0) is 19.6. The normalized spacial score (nSPS) is 14.4. The number of piperidine rings is 1. The van der Waals surface area contributed by atoms with Gasteiger partial charge in [0.25, 0.3) is 0 Å². The quantitative estimate of drug-likeness (QED) is 0.580. The second-order valence-electron chi connectivity index (χ2n) is 7.39. The predicted molar refractivity (Wildman–Crippen MR) is 114 cm³/mol. The van der Waals surface area contributed by atoms with Crippen molar-refractivity contribution in [2.75, 3.05) is 23.3 Å². The lowest BCUT2D eigenvalue weighted by molar-refractivity contribution is -0.116. The van der Waals surface area contributed by atoms with E-state index >= 15 is 0 Å². The van der Waals surface area contributed by atoms with Gasteiger partial charge in [0.1, 0.15) is 12.1 Å². The maximum Gasteiger partial charge on any atom is 0.246 e. The molecule has 1 fully saturated rings. The highest BCUT2D eigenvalue weighted by atomic mass is 16.2. The summed E-state index contributed by atoms with van der Waals surface area (Å²) in [6, 6.07) is 13.7. The second kappa shape index (κ2) is 7.50. The van der Waals surface area contributed by atoms with Crippen LogP contribution in [0, 0.1) is 0 Å². The van der Waals surface area contributed by atoms with Crippen LogP contribution in [0.5, 0.6) is 0 Å². The number of pyridine rings is 1. The van der Waals surface area contributed by atoms with Gasteiger partial charge in [-0.05, 0) is 49.6 Å². The van der Waals surface area contributed by atoms with Gasteiger partial charge in [0, 0.05) is 41.9 Å². The van der Waals surface area contributed by atoms with Gasteiger partial charge in [0.2, 0.25) is 5.91 Å². The minimum Gasteiger partial charge on any atom is -0.371 e. The summed E-state index contributed by atoms with van der Waals surface area (Å²) in [6.45, 7) is 2.25. The van der Waals surface area contributed by atoms with Crippen LogP contribution in [0.1, 0.15) is 19.3 Å². The van der Waals surface area contributed by atoms with Crippen molar-refractivity contribution in [1.82, 2.24) is 20.0 Å². The first-order valence-corrected chi connectivity index (χ1v) is 9.99. The van der Waals surface area contributed by atoms with E-state index in [0.717, 1.165) is 40.6 Å². The molecule has 0 aliphatic carbocycles. The number of nitrogens with zero attached hydrogens (tertiary/aromatic N) is 5. The molecule has 0 atom stereocenters. The molecule has 3 heterocycles. The molecule has 0 radical (unpaired) electrons. The van der Waals surface area contributed by atoms with E-state index in [9.17, 15) is 4.79 Å². The van der Waals surface area contributed by atoms with Gasteiger partial charge < -0.3 is 10.2 Å². The van der Waals surface area contributed by atoms with E-state index in [-0.39, 0.29) is 12.5 Å². The maximum absolute atomic E-state index is 12.7. The van der Waals surface area contributed by atoms with Gasteiger partial charge in [-0.1, -0.05) is 17.3 Å². The molecule has 5 rings (SSSR count). The van der Waals surface area contributed by atoms with Crippen molar-refractivity contribution in [1.29, 1.82) is 0 Å². The number of benzene rings is 2. The maximum atomic E-state index is 12.7. The summed E-state index contributed by atoms with van der Waals surface area (Å²) in [6.07, 6.45) is 7.36. The van der Waals surface area contributed by atoms with Crippen LogP contribution in [0.4, 0.5) is 11.4 Å². The van der Waals surface area contributed by atoms with Crippen LogP contribution in [0.3, 0.4) is 0 Å². The molecule has 1 aliphatic heterocycles. The van der Waals surface area contributed by atoms with Crippen LogP contribution in [-0.2, 0) is 11.3 Å². The summed E-state index contributed by atoms with van der Waals surface area (Å²) in [7, 11) is 0. The van der Waals surface area contributed by atoms with E-state index in [1.54, 1.807) is 4.68 Å². The minimum atomic E-state index is -0.142. The third-order valence-corrected chi connectivity index (χ3v) is 5.48. The number of carbonyl (C=O) groups is 1.